The molecule has 0 spiro atoms. The van der Waals surface area contributed by atoms with Gasteiger partial charge in [0.25, 0.3) is 0 Å². The molecule has 2 N–H and O–H groups in total. The maximum absolute atomic E-state index is 12.9. The average Bonchev–Trinajstić information content (AvgIpc) is 3.01. The van der Waals surface area contributed by atoms with Gasteiger partial charge in [-0.15, -0.1) is 11.3 Å². The number of thiocarbonyl (C=S) groups is 1. The van der Waals surface area contributed by atoms with Crippen molar-refractivity contribution in [2.45, 2.75) is 32.6 Å². The number of carbonyl (C=O) groups is 1. The summed E-state index contributed by atoms with van der Waals surface area (Å²) in [5.41, 5.74) is 5.12. The van der Waals surface area contributed by atoms with Gasteiger partial charge in [0.1, 0.15) is 10.8 Å². The van der Waals surface area contributed by atoms with Crippen LogP contribution in [0.25, 0.3) is 0 Å². The van der Waals surface area contributed by atoms with E-state index in [0.717, 1.165) is 36.8 Å². The van der Waals surface area contributed by atoms with Crippen molar-refractivity contribution >= 4 is 45.9 Å². The topological polar surface area (TPSA) is 62.7 Å². The van der Waals surface area contributed by atoms with Gasteiger partial charge in [-0.2, -0.15) is 5.10 Å². The van der Waals surface area contributed by atoms with Crippen molar-refractivity contribution in [1.82, 2.24) is 5.43 Å². The van der Waals surface area contributed by atoms with Gasteiger partial charge < -0.3 is 10.1 Å². The van der Waals surface area contributed by atoms with Crippen LogP contribution in [0, 0.1) is 5.82 Å². The highest BCUT2D eigenvalue weighted by Crippen LogP contribution is 2.38. The maximum atomic E-state index is 12.9. The summed E-state index contributed by atoms with van der Waals surface area (Å²) >= 11 is 6.83. The number of benzene rings is 1. The fourth-order valence-electron chi connectivity index (χ4n) is 2.92. The molecule has 3 rings (SSSR count). The van der Waals surface area contributed by atoms with E-state index in [0.29, 0.717) is 17.2 Å². The van der Waals surface area contributed by atoms with E-state index in [4.69, 9.17) is 17.0 Å². The molecule has 8 heteroatoms. The highest BCUT2D eigenvalue weighted by Gasteiger charge is 2.26. The molecule has 27 heavy (non-hydrogen) atoms. The normalized spacial score (nSPS) is 13.3. The Morgan fingerprint density at radius 1 is 1.33 bits per heavy atom. The molecule has 1 aliphatic carbocycles. The Morgan fingerprint density at radius 3 is 2.81 bits per heavy atom. The summed E-state index contributed by atoms with van der Waals surface area (Å²) in [6.07, 6.45) is 5.58. The largest absolute Gasteiger partial charge is 0.462 e. The van der Waals surface area contributed by atoms with Crippen LogP contribution in [0.4, 0.5) is 9.39 Å². The molecule has 1 aromatic heterocycles. The van der Waals surface area contributed by atoms with Crippen LogP contribution in [0.5, 0.6) is 0 Å². The first kappa shape index (κ1) is 19.4. The number of hydrogen-bond donors (Lipinski definition) is 2. The van der Waals surface area contributed by atoms with Crippen LogP contribution in [0.3, 0.4) is 0 Å². The predicted molar refractivity (Wildman–Crippen MR) is 110 cm³/mol. The Labute approximate surface area is 166 Å². The molecule has 1 aliphatic rings. The van der Waals surface area contributed by atoms with Crippen LogP contribution in [-0.4, -0.2) is 23.9 Å². The number of aryl methyl sites for hydroxylation is 1. The Kier molecular flexibility index (Phi) is 6.52. The minimum absolute atomic E-state index is 0.275. The van der Waals surface area contributed by atoms with Gasteiger partial charge >= 0.3 is 5.97 Å². The van der Waals surface area contributed by atoms with E-state index in [9.17, 15) is 9.18 Å². The summed E-state index contributed by atoms with van der Waals surface area (Å²) < 4.78 is 18.1. The summed E-state index contributed by atoms with van der Waals surface area (Å²) in [6, 6.07) is 5.95. The highest BCUT2D eigenvalue weighted by atomic mass is 32.1. The van der Waals surface area contributed by atoms with E-state index in [1.165, 1.54) is 17.0 Å². The van der Waals surface area contributed by atoms with Crippen molar-refractivity contribution in [3.63, 3.8) is 0 Å². The molecule has 0 fully saturated rings. The summed E-state index contributed by atoms with van der Waals surface area (Å²) in [5, 5.41) is 8.08. The van der Waals surface area contributed by atoms with Crippen molar-refractivity contribution in [1.29, 1.82) is 0 Å². The van der Waals surface area contributed by atoms with Crippen LogP contribution < -0.4 is 10.7 Å². The summed E-state index contributed by atoms with van der Waals surface area (Å²) in [7, 11) is 0. The van der Waals surface area contributed by atoms with Gasteiger partial charge in [-0.25, -0.2) is 9.18 Å². The van der Waals surface area contributed by atoms with E-state index in [-0.39, 0.29) is 16.9 Å². The Hall–Kier alpha value is -2.32. The summed E-state index contributed by atoms with van der Waals surface area (Å²) in [6.45, 7) is 2.12. The van der Waals surface area contributed by atoms with Gasteiger partial charge in [0.05, 0.1) is 18.4 Å². The van der Waals surface area contributed by atoms with E-state index < -0.39 is 0 Å². The third-order valence-electron chi connectivity index (χ3n) is 4.13. The maximum Gasteiger partial charge on any atom is 0.341 e. The number of ether oxygens (including phenoxy) is 1. The van der Waals surface area contributed by atoms with E-state index in [1.54, 1.807) is 36.6 Å². The second-order valence-corrected chi connectivity index (χ2v) is 7.52. The van der Waals surface area contributed by atoms with E-state index in [1.807, 2.05) is 0 Å². The van der Waals surface area contributed by atoms with Crippen molar-refractivity contribution in [2.24, 2.45) is 5.10 Å². The molecule has 0 atom stereocenters. The number of hydrazone groups is 1. The molecule has 0 aliphatic heterocycles. The quantitative estimate of drug-likeness (QED) is 0.337. The third-order valence-corrected chi connectivity index (χ3v) is 5.53. The first-order chi connectivity index (χ1) is 13.1. The molecule has 5 nitrogen and oxygen atoms in total. The van der Waals surface area contributed by atoms with Crippen molar-refractivity contribution in [2.75, 3.05) is 11.9 Å². The Balaban J connectivity index is 1.70. The van der Waals surface area contributed by atoms with E-state index >= 15 is 0 Å². The fourth-order valence-corrected chi connectivity index (χ4v) is 4.42. The van der Waals surface area contributed by atoms with Crippen molar-refractivity contribution < 1.29 is 13.9 Å². The summed E-state index contributed by atoms with van der Waals surface area (Å²) in [5.74, 6) is -0.623. The van der Waals surface area contributed by atoms with Crippen molar-refractivity contribution in [3.05, 3.63) is 51.7 Å². The minimum atomic E-state index is -0.322. The van der Waals surface area contributed by atoms with Gasteiger partial charge in [-0.1, -0.05) is 12.1 Å². The lowest BCUT2D eigenvalue weighted by molar-refractivity contribution is 0.0526. The number of esters is 1. The lowest BCUT2D eigenvalue weighted by atomic mass is 9.95. The van der Waals surface area contributed by atoms with Crippen LogP contribution in [0.2, 0.25) is 0 Å². The molecular formula is C19H20FN3O2S2. The molecular weight excluding hydrogens is 385 g/mol. The van der Waals surface area contributed by atoms with Crippen LogP contribution in [0.1, 0.15) is 46.1 Å². The molecule has 142 valence electrons. The zero-order chi connectivity index (χ0) is 19.2. The van der Waals surface area contributed by atoms with Gasteiger partial charge in [0.2, 0.25) is 0 Å². The molecule has 0 saturated carbocycles. The molecule has 0 saturated heterocycles. The van der Waals surface area contributed by atoms with Crippen molar-refractivity contribution in [3.8, 4) is 0 Å². The van der Waals surface area contributed by atoms with Gasteiger partial charge in [0.15, 0.2) is 5.11 Å². The smallest absolute Gasteiger partial charge is 0.341 e. The van der Waals surface area contributed by atoms with Crippen LogP contribution in [0.15, 0.2) is 29.4 Å². The summed E-state index contributed by atoms with van der Waals surface area (Å²) in [4.78, 5) is 13.6. The zero-order valence-electron chi connectivity index (χ0n) is 14.9. The predicted octanol–water partition coefficient (Wildman–Crippen LogP) is 4.26. The number of fused-ring (bicyclic) bond motifs is 1. The standard InChI is InChI=1S/C19H20FN3O2S2/c1-2-25-18(24)16-14-5-3-4-6-15(14)27-17(16)22-19(26)23-21-11-12-7-9-13(20)10-8-12/h7-11H,2-6H2,1H3,(H2,22,23,26)/b21-11+. The van der Waals surface area contributed by atoms with Gasteiger partial charge in [0, 0.05) is 4.88 Å². The number of halogens is 1. The molecule has 0 radical (unpaired) electrons. The molecule has 2 aromatic rings. The van der Waals surface area contributed by atoms with Gasteiger partial charge in [-0.3, -0.25) is 5.43 Å². The number of hydrogen-bond acceptors (Lipinski definition) is 5. The fraction of sp³-hybridized carbons (Fsp3) is 0.316. The third kappa shape index (κ3) is 4.90. The highest BCUT2D eigenvalue weighted by molar-refractivity contribution is 7.80. The monoisotopic (exact) mass is 405 g/mol. The Morgan fingerprint density at radius 2 is 2.07 bits per heavy atom. The first-order valence-corrected chi connectivity index (χ1v) is 9.98. The number of carbonyl (C=O) groups excluding carboxylic acids is 1. The minimum Gasteiger partial charge on any atom is -0.462 e. The number of thiophene rings is 1. The molecule has 1 aromatic carbocycles. The average molecular weight is 406 g/mol. The Bertz CT molecular complexity index is 863. The second-order valence-electron chi connectivity index (χ2n) is 6.01. The second kappa shape index (κ2) is 9.05. The lowest BCUT2D eigenvalue weighted by Crippen LogP contribution is -2.24. The lowest BCUT2D eigenvalue weighted by Gasteiger charge is -2.12. The SMILES string of the molecule is CCOC(=O)c1c(NC(=S)N/N=C/c2ccc(F)cc2)sc2c1CCCC2. The van der Waals surface area contributed by atoms with Crippen LogP contribution in [-0.2, 0) is 17.6 Å². The molecule has 0 bridgehead atoms. The number of anilines is 1. The first-order valence-electron chi connectivity index (χ1n) is 8.75. The number of nitrogens with zero attached hydrogens (tertiary/aromatic N) is 1. The zero-order valence-corrected chi connectivity index (χ0v) is 16.5. The molecule has 0 amide bonds. The van der Waals surface area contributed by atoms with Crippen LogP contribution >= 0.6 is 23.6 Å². The molecule has 1 heterocycles. The van der Waals surface area contributed by atoms with Gasteiger partial charge in [-0.05, 0) is 68.1 Å². The van der Waals surface area contributed by atoms with E-state index in [2.05, 4.69) is 15.8 Å². The molecule has 0 unspecified atom stereocenters. The number of rotatable bonds is 5. The number of nitrogens with one attached hydrogen (secondary N) is 2.